The second kappa shape index (κ2) is 7.81. The standard InChI is InChI=1S/C19H21N3O3/c1-14(23)20-16-4-6-17(7-5-16)21-19(24)15-2-8-18(9-3-15)22-10-12-25-13-11-22/h2-9H,10-13H2,1H3,(H,20,23)(H,21,24). The summed E-state index contributed by atoms with van der Waals surface area (Å²) in [6.07, 6.45) is 0. The van der Waals surface area contributed by atoms with Crippen LogP contribution in [0.3, 0.4) is 0 Å². The number of anilines is 3. The van der Waals surface area contributed by atoms with Crippen molar-refractivity contribution in [2.45, 2.75) is 6.92 Å². The monoisotopic (exact) mass is 339 g/mol. The first-order valence-corrected chi connectivity index (χ1v) is 8.23. The molecule has 2 amide bonds. The van der Waals surface area contributed by atoms with Crippen LogP contribution in [0, 0.1) is 0 Å². The van der Waals surface area contributed by atoms with Gasteiger partial charge >= 0.3 is 0 Å². The maximum absolute atomic E-state index is 12.3. The lowest BCUT2D eigenvalue weighted by Gasteiger charge is -2.28. The molecule has 0 atom stereocenters. The van der Waals surface area contributed by atoms with Gasteiger partial charge in [-0.05, 0) is 48.5 Å². The molecule has 6 nitrogen and oxygen atoms in total. The highest BCUT2D eigenvalue weighted by Gasteiger charge is 2.12. The van der Waals surface area contributed by atoms with E-state index in [4.69, 9.17) is 4.74 Å². The molecule has 1 fully saturated rings. The third-order valence-corrected chi connectivity index (χ3v) is 3.97. The molecule has 3 rings (SSSR count). The van der Waals surface area contributed by atoms with Crippen molar-refractivity contribution in [3.63, 3.8) is 0 Å². The zero-order valence-corrected chi connectivity index (χ0v) is 14.1. The van der Waals surface area contributed by atoms with Crippen molar-refractivity contribution in [1.82, 2.24) is 0 Å². The second-order valence-corrected chi connectivity index (χ2v) is 5.86. The number of carbonyl (C=O) groups excluding carboxylic acids is 2. The molecule has 1 heterocycles. The third kappa shape index (κ3) is 4.58. The highest BCUT2D eigenvalue weighted by Crippen LogP contribution is 2.18. The van der Waals surface area contributed by atoms with Gasteiger partial charge in [0.25, 0.3) is 5.91 Å². The molecular weight excluding hydrogens is 318 g/mol. The van der Waals surface area contributed by atoms with Gasteiger partial charge in [0.05, 0.1) is 13.2 Å². The molecule has 25 heavy (non-hydrogen) atoms. The van der Waals surface area contributed by atoms with E-state index in [-0.39, 0.29) is 11.8 Å². The average molecular weight is 339 g/mol. The molecule has 0 bridgehead atoms. The fourth-order valence-electron chi connectivity index (χ4n) is 2.69. The summed E-state index contributed by atoms with van der Waals surface area (Å²) in [7, 11) is 0. The summed E-state index contributed by atoms with van der Waals surface area (Å²) in [6.45, 7) is 4.65. The van der Waals surface area contributed by atoms with E-state index >= 15 is 0 Å². The number of benzene rings is 2. The molecule has 0 spiro atoms. The van der Waals surface area contributed by atoms with Crippen LogP contribution >= 0.6 is 0 Å². The van der Waals surface area contributed by atoms with Gasteiger partial charge in [-0.15, -0.1) is 0 Å². The topological polar surface area (TPSA) is 70.7 Å². The number of hydrogen-bond acceptors (Lipinski definition) is 4. The smallest absolute Gasteiger partial charge is 0.255 e. The Morgan fingerprint density at radius 3 is 2.00 bits per heavy atom. The minimum absolute atomic E-state index is 0.128. The SMILES string of the molecule is CC(=O)Nc1ccc(NC(=O)c2ccc(N3CCOCC3)cc2)cc1. The molecule has 2 aromatic carbocycles. The Labute approximate surface area is 146 Å². The Morgan fingerprint density at radius 1 is 0.880 bits per heavy atom. The second-order valence-electron chi connectivity index (χ2n) is 5.86. The molecule has 0 radical (unpaired) electrons. The first-order valence-electron chi connectivity index (χ1n) is 8.23. The van der Waals surface area contributed by atoms with Crippen LogP contribution in [0.5, 0.6) is 0 Å². The van der Waals surface area contributed by atoms with E-state index in [1.54, 1.807) is 24.3 Å². The summed E-state index contributed by atoms with van der Waals surface area (Å²) in [5, 5.41) is 5.54. The van der Waals surface area contributed by atoms with Crippen LogP contribution < -0.4 is 15.5 Å². The van der Waals surface area contributed by atoms with Crippen LogP contribution in [0.2, 0.25) is 0 Å². The van der Waals surface area contributed by atoms with E-state index in [2.05, 4.69) is 15.5 Å². The van der Waals surface area contributed by atoms with Crippen LogP contribution in [0.4, 0.5) is 17.1 Å². The quantitative estimate of drug-likeness (QED) is 0.898. The summed E-state index contributed by atoms with van der Waals surface area (Å²) in [6, 6.07) is 14.6. The zero-order valence-electron chi connectivity index (χ0n) is 14.1. The van der Waals surface area contributed by atoms with E-state index in [0.29, 0.717) is 16.9 Å². The van der Waals surface area contributed by atoms with Crippen LogP contribution in [0.25, 0.3) is 0 Å². The van der Waals surface area contributed by atoms with Crippen molar-refractivity contribution in [2.75, 3.05) is 41.8 Å². The summed E-state index contributed by atoms with van der Waals surface area (Å²) in [5.41, 5.74) is 3.07. The van der Waals surface area contributed by atoms with Crippen molar-refractivity contribution < 1.29 is 14.3 Å². The van der Waals surface area contributed by atoms with Gasteiger partial charge in [-0.2, -0.15) is 0 Å². The van der Waals surface area contributed by atoms with Gasteiger partial charge in [0.15, 0.2) is 0 Å². The van der Waals surface area contributed by atoms with Crippen molar-refractivity contribution in [3.05, 3.63) is 54.1 Å². The van der Waals surface area contributed by atoms with Crippen molar-refractivity contribution in [2.24, 2.45) is 0 Å². The molecule has 2 N–H and O–H groups in total. The Hall–Kier alpha value is -2.86. The number of morpholine rings is 1. The lowest BCUT2D eigenvalue weighted by atomic mass is 10.1. The summed E-state index contributed by atoms with van der Waals surface area (Å²) >= 11 is 0. The fourth-order valence-corrected chi connectivity index (χ4v) is 2.69. The summed E-state index contributed by atoms with van der Waals surface area (Å²) in [5.74, 6) is -0.294. The molecule has 0 saturated carbocycles. The molecule has 0 aliphatic carbocycles. The van der Waals surface area contributed by atoms with E-state index in [1.807, 2.05) is 24.3 Å². The summed E-state index contributed by atoms with van der Waals surface area (Å²) in [4.78, 5) is 25.6. The Morgan fingerprint density at radius 2 is 1.44 bits per heavy atom. The first-order chi connectivity index (χ1) is 12.1. The van der Waals surface area contributed by atoms with Gasteiger partial charge in [0.1, 0.15) is 0 Å². The largest absolute Gasteiger partial charge is 0.378 e. The fraction of sp³-hybridized carbons (Fsp3) is 0.263. The zero-order chi connectivity index (χ0) is 17.6. The molecule has 0 aromatic heterocycles. The maximum atomic E-state index is 12.3. The van der Waals surface area contributed by atoms with E-state index in [9.17, 15) is 9.59 Å². The normalized spacial score (nSPS) is 14.0. The predicted molar refractivity (Wildman–Crippen MR) is 98.2 cm³/mol. The first kappa shape index (κ1) is 17.0. The highest BCUT2D eigenvalue weighted by atomic mass is 16.5. The van der Waals surface area contributed by atoms with E-state index in [1.165, 1.54) is 6.92 Å². The van der Waals surface area contributed by atoms with Gasteiger partial charge in [-0.3, -0.25) is 9.59 Å². The third-order valence-electron chi connectivity index (χ3n) is 3.97. The number of rotatable bonds is 4. The van der Waals surface area contributed by atoms with Gasteiger partial charge in [0.2, 0.25) is 5.91 Å². The number of nitrogens with zero attached hydrogens (tertiary/aromatic N) is 1. The van der Waals surface area contributed by atoms with Crippen LogP contribution in [0.1, 0.15) is 17.3 Å². The van der Waals surface area contributed by atoms with Gasteiger partial charge in [-0.1, -0.05) is 0 Å². The minimum Gasteiger partial charge on any atom is -0.378 e. The molecular formula is C19H21N3O3. The lowest BCUT2D eigenvalue weighted by Crippen LogP contribution is -2.36. The molecule has 1 aliphatic rings. The Kier molecular flexibility index (Phi) is 5.30. The van der Waals surface area contributed by atoms with Crippen molar-refractivity contribution >= 4 is 28.9 Å². The molecule has 1 aliphatic heterocycles. The van der Waals surface area contributed by atoms with E-state index < -0.39 is 0 Å². The summed E-state index contributed by atoms with van der Waals surface area (Å²) < 4.78 is 5.35. The molecule has 2 aromatic rings. The van der Waals surface area contributed by atoms with E-state index in [0.717, 1.165) is 32.0 Å². The highest BCUT2D eigenvalue weighted by molar-refractivity contribution is 6.04. The molecule has 6 heteroatoms. The Balaban J connectivity index is 1.61. The van der Waals surface area contributed by atoms with Gasteiger partial charge < -0.3 is 20.3 Å². The molecule has 130 valence electrons. The number of amides is 2. The molecule has 0 unspecified atom stereocenters. The van der Waals surface area contributed by atoms with Crippen LogP contribution in [-0.4, -0.2) is 38.1 Å². The average Bonchev–Trinajstić information content (AvgIpc) is 2.64. The minimum atomic E-state index is -0.166. The molecule has 1 saturated heterocycles. The Bertz CT molecular complexity index is 736. The van der Waals surface area contributed by atoms with Crippen molar-refractivity contribution in [1.29, 1.82) is 0 Å². The number of nitrogens with one attached hydrogen (secondary N) is 2. The number of ether oxygens (including phenoxy) is 1. The van der Waals surface area contributed by atoms with Crippen LogP contribution in [0.15, 0.2) is 48.5 Å². The van der Waals surface area contributed by atoms with Crippen LogP contribution in [-0.2, 0) is 9.53 Å². The van der Waals surface area contributed by atoms with Gasteiger partial charge in [-0.25, -0.2) is 0 Å². The lowest BCUT2D eigenvalue weighted by molar-refractivity contribution is -0.114. The van der Waals surface area contributed by atoms with Crippen molar-refractivity contribution in [3.8, 4) is 0 Å². The predicted octanol–water partition coefficient (Wildman–Crippen LogP) is 2.73. The number of hydrogen-bond donors (Lipinski definition) is 2. The number of carbonyl (C=O) groups is 2. The maximum Gasteiger partial charge on any atom is 0.255 e. The van der Waals surface area contributed by atoms with Gasteiger partial charge in [0, 0.05) is 42.6 Å².